The third-order valence-electron chi connectivity index (χ3n) is 1.85. The molecule has 1 amide bonds. The van der Waals surface area contributed by atoms with Gasteiger partial charge in [-0.05, 0) is 12.7 Å². The van der Waals surface area contributed by atoms with Gasteiger partial charge in [0.1, 0.15) is 5.92 Å². The molecule has 0 aromatic carbocycles. The molecule has 0 spiro atoms. The van der Waals surface area contributed by atoms with Gasteiger partial charge in [-0.1, -0.05) is 13.8 Å². The van der Waals surface area contributed by atoms with Gasteiger partial charge in [0.15, 0.2) is 0 Å². The topological polar surface area (TPSA) is 52.9 Å². The maximum Gasteiger partial charge on any atom is 0.237 e. The van der Waals surface area contributed by atoms with E-state index in [0.29, 0.717) is 18.2 Å². The lowest BCUT2D eigenvalue weighted by Crippen LogP contribution is -2.33. The number of hydrogen-bond donors (Lipinski definition) is 1. The smallest absolute Gasteiger partial charge is 0.237 e. The van der Waals surface area contributed by atoms with Crippen molar-refractivity contribution in [1.82, 2.24) is 5.32 Å². The van der Waals surface area contributed by atoms with Crippen molar-refractivity contribution in [3.8, 4) is 6.07 Å². The average Bonchev–Trinajstić information content (AvgIpc) is 2.16. The molecule has 0 aliphatic rings. The summed E-state index contributed by atoms with van der Waals surface area (Å²) in [5, 5.41) is 11.8. The van der Waals surface area contributed by atoms with E-state index in [0.717, 1.165) is 0 Å². The van der Waals surface area contributed by atoms with Crippen LogP contribution in [0.25, 0.3) is 0 Å². The molecule has 0 rings (SSSR count). The number of nitrogens with zero attached hydrogens (tertiary/aromatic N) is 1. The molecule has 0 aromatic rings. The van der Waals surface area contributed by atoms with Crippen molar-refractivity contribution >= 4 is 17.7 Å². The van der Waals surface area contributed by atoms with Gasteiger partial charge in [0.05, 0.1) is 6.07 Å². The highest BCUT2D eigenvalue weighted by molar-refractivity contribution is 7.99. The van der Waals surface area contributed by atoms with Crippen LogP contribution in [0, 0.1) is 17.2 Å². The van der Waals surface area contributed by atoms with Gasteiger partial charge >= 0.3 is 0 Å². The summed E-state index contributed by atoms with van der Waals surface area (Å²) in [4.78, 5) is 11.3. The van der Waals surface area contributed by atoms with E-state index in [4.69, 9.17) is 5.26 Å². The van der Waals surface area contributed by atoms with Crippen molar-refractivity contribution in [3.05, 3.63) is 0 Å². The first-order chi connectivity index (χ1) is 6.15. The molecule has 0 fully saturated rings. The molecule has 0 aliphatic carbocycles. The normalized spacial score (nSPS) is 14.3. The number of nitriles is 1. The monoisotopic (exact) mass is 200 g/mol. The van der Waals surface area contributed by atoms with Crippen LogP contribution in [0.1, 0.15) is 20.3 Å². The van der Waals surface area contributed by atoms with E-state index in [1.807, 2.05) is 26.2 Å². The fourth-order valence-electron chi connectivity index (χ4n) is 0.786. The lowest BCUT2D eigenvalue weighted by molar-refractivity contribution is -0.123. The summed E-state index contributed by atoms with van der Waals surface area (Å²) in [6.45, 7) is 4.52. The Bertz CT molecular complexity index is 200. The second kappa shape index (κ2) is 6.79. The molecule has 0 radical (unpaired) electrons. The zero-order valence-electron chi connectivity index (χ0n) is 8.33. The fraction of sp³-hybridized carbons (Fsp3) is 0.778. The fourth-order valence-corrected chi connectivity index (χ4v) is 1.04. The number of hydrogen-bond acceptors (Lipinski definition) is 3. The SMILES string of the molecule is CCC(C#N)C(=O)NCC(C)SC. The maximum atomic E-state index is 11.3. The Balaban J connectivity index is 3.81. The molecular weight excluding hydrogens is 184 g/mol. The molecule has 3 nitrogen and oxygen atoms in total. The molecule has 0 saturated carbocycles. The van der Waals surface area contributed by atoms with Crippen LogP contribution in [-0.2, 0) is 4.79 Å². The molecule has 0 bridgehead atoms. The summed E-state index contributed by atoms with van der Waals surface area (Å²) in [6, 6.07) is 1.97. The largest absolute Gasteiger partial charge is 0.354 e. The van der Waals surface area contributed by atoms with Crippen LogP contribution < -0.4 is 5.32 Å². The van der Waals surface area contributed by atoms with Crippen LogP contribution in [0.3, 0.4) is 0 Å². The van der Waals surface area contributed by atoms with Crippen LogP contribution in [-0.4, -0.2) is 24.0 Å². The standard InChI is InChI=1S/C9H16N2OS/c1-4-8(5-10)9(12)11-6-7(2)13-3/h7-8H,4,6H2,1-3H3,(H,11,12). The van der Waals surface area contributed by atoms with Crippen molar-refractivity contribution in [1.29, 1.82) is 5.26 Å². The number of carbonyl (C=O) groups is 1. The Kier molecular flexibility index (Phi) is 6.43. The van der Waals surface area contributed by atoms with Gasteiger partial charge in [-0.25, -0.2) is 0 Å². The molecule has 0 aliphatic heterocycles. The Labute approximate surface area is 83.9 Å². The summed E-state index contributed by atoms with van der Waals surface area (Å²) < 4.78 is 0. The third-order valence-corrected chi connectivity index (χ3v) is 2.82. The summed E-state index contributed by atoms with van der Waals surface area (Å²) >= 11 is 1.70. The lowest BCUT2D eigenvalue weighted by Gasteiger charge is -2.11. The highest BCUT2D eigenvalue weighted by atomic mass is 32.2. The maximum absolute atomic E-state index is 11.3. The van der Waals surface area contributed by atoms with Gasteiger partial charge in [-0.3, -0.25) is 4.79 Å². The van der Waals surface area contributed by atoms with E-state index in [1.54, 1.807) is 11.8 Å². The van der Waals surface area contributed by atoms with Gasteiger partial charge in [0, 0.05) is 11.8 Å². The Hall–Kier alpha value is -0.690. The molecule has 0 aromatic heterocycles. The first-order valence-corrected chi connectivity index (χ1v) is 5.64. The second-order valence-electron chi connectivity index (χ2n) is 2.88. The van der Waals surface area contributed by atoms with Crippen molar-refractivity contribution < 1.29 is 4.79 Å². The first kappa shape index (κ1) is 12.3. The van der Waals surface area contributed by atoms with Crippen LogP contribution in [0.2, 0.25) is 0 Å². The molecule has 0 saturated heterocycles. The van der Waals surface area contributed by atoms with Gasteiger partial charge in [0.2, 0.25) is 5.91 Å². The van der Waals surface area contributed by atoms with Gasteiger partial charge in [-0.15, -0.1) is 0 Å². The zero-order chi connectivity index (χ0) is 10.3. The van der Waals surface area contributed by atoms with Crippen LogP contribution in [0.5, 0.6) is 0 Å². The predicted molar refractivity (Wildman–Crippen MR) is 55.4 cm³/mol. The number of carbonyl (C=O) groups excluding carboxylic acids is 1. The van der Waals surface area contributed by atoms with Crippen molar-refractivity contribution in [2.75, 3.05) is 12.8 Å². The molecule has 74 valence electrons. The van der Waals surface area contributed by atoms with E-state index in [-0.39, 0.29) is 5.91 Å². The van der Waals surface area contributed by atoms with Crippen molar-refractivity contribution in [3.63, 3.8) is 0 Å². The highest BCUT2D eigenvalue weighted by Crippen LogP contribution is 2.04. The molecular formula is C9H16N2OS. The van der Waals surface area contributed by atoms with Crippen molar-refractivity contribution in [2.45, 2.75) is 25.5 Å². The van der Waals surface area contributed by atoms with Crippen LogP contribution in [0.4, 0.5) is 0 Å². The minimum Gasteiger partial charge on any atom is -0.354 e. The lowest BCUT2D eigenvalue weighted by atomic mass is 10.1. The van der Waals surface area contributed by atoms with Crippen molar-refractivity contribution in [2.24, 2.45) is 5.92 Å². The summed E-state index contributed by atoms with van der Waals surface area (Å²) in [5.41, 5.74) is 0. The summed E-state index contributed by atoms with van der Waals surface area (Å²) in [6.07, 6.45) is 2.58. The number of rotatable bonds is 5. The van der Waals surface area contributed by atoms with Gasteiger partial charge in [-0.2, -0.15) is 17.0 Å². The first-order valence-electron chi connectivity index (χ1n) is 4.35. The molecule has 0 heterocycles. The Morgan fingerprint density at radius 3 is 2.69 bits per heavy atom. The molecule has 13 heavy (non-hydrogen) atoms. The quantitative estimate of drug-likeness (QED) is 0.730. The van der Waals surface area contributed by atoms with E-state index >= 15 is 0 Å². The van der Waals surface area contributed by atoms with Gasteiger partial charge < -0.3 is 5.32 Å². The number of thioether (sulfide) groups is 1. The van der Waals surface area contributed by atoms with Crippen LogP contribution >= 0.6 is 11.8 Å². The summed E-state index contributed by atoms with van der Waals surface area (Å²) in [7, 11) is 0. The molecule has 2 unspecified atom stereocenters. The molecule has 4 heteroatoms. The molecule has 2 atom stereocenters. The van der Waals surface area contributed by atoms with Crippen LogP contribution in [0.15, 0.2) is 0 Å². The minimum atomic E-state index is -0.492. The zero-order valence-corrected chi connectivity index (χ0v) is 9.15. The number of amides is 1. The number of nitrogens with one attached hydrogen (secondary N) is 1. The van der Waals surface area contributed by atoms with E-state index in [9.17, 15) is 4.79 Å². The highest BCUT2D eigenvalue weighted by Gasteiger charge is 2.15. The molecule has 1 N–H and O–H groups in total. The second-order valence-corrected chi connectivity index (χ2v) is 4.16. The Morgan fingerprint density at radius 1 is 1.69 bits per heavy atom. The van der Waals surface area contributed by atoms with E-state index in [1.165, 1.54) is 0 Å². The van der Waals surface area contributed by atoms with E-state index < -0.39 is 5.92 Å². The predicted octanol–water partition coefficient (Wildman–Crippen LogP) is 1.40. The summed E-state index contributed by atoms with van der Waals surface area (Å²) in [5.74, 6) is -0.639. The average molecular weight is 200 g/mol. The Morgan fingerprint density at radius 2 is 2.31 bits per heavy atom. The van der Waals surface area contributed by atoms with E-state index in [2.05, 4.69) is 5.32 Å². The minimum absolute atomic E-state index is 0.147. The van der Waals surface area contributed by atoms with Gasteiger partial charge in [0.25, 0.3) is 0 Å². The third kappa shape index (κ3) is 4.79.